The average molecular weight is 268 g/mol. The fourth-order valence-electron chi connectivity index (χ4n) is 1.96. The van der Waals surface area contributed by atoms with Gasteiger partial charge in [-0.15, -0.1) is 0 Å². The Morgan fingerprint density at radius 3 is 2.95 bits per heavy atom. The quantitative estimate of drug-likeness (QED) is 0.679. The minimum atomic E-state index is -0.375. The number of nitrogens with zero attached hydrogens (tertiary/aromatic N) is 4. The third-order valence-electron chi connectivity index (χ3n) is 2.86. The van der Waals surface area contributed by atoms with Gasteiger partial charge in [0.15, 0.2) is 0 Å². The number of carbonyl (C=O) groups excluding carboxylic acids is 1. The lowest BCUT2D eigenvalue weighted by Crippen LogP contribution is -2.06. The minimum Gasteiger partial charge on any atom is -0.462 e. The van der Waals surface area contributed by atoms with Crippen molar-refractivity contribution in [3.05, 3.63) is 48.7 Å². The van der Waals surface area contributed by atoms with E-state index in [1.807, 2.05) is 6.07 Å². The standard InChI is InChI=1S/C14H12N4O2/c1-2-20-14(19)11-3-4-15-9-12(11)13-7-10-8-16-5-6-18(10)17-13/h3-9H,2H2,1H3. The molecule has 3 heterocycles. The summed E-state index contributed by atoms with van der Waals surface area (Å²) >= 11 is 0. The van der Waals surface area contributed by atoms with Crippen LogP contribution >= 0.6 is 0 Å². The molecule has 3 rings (SSSR count). The summed E-state index contributed by atoms with van der Waals surface area (Å²) in [5, 5.41) is 4.42. The highest BCUT2D eigenvalue weighted by Crippen LogP contribution is 2.23. The first-order valence-electron chi connectivity index (χ1n) is 6.20. The van der Waals surface area contributed by atoms with Crippen LogP contribution in [0.5, 0.6) is 0 Å². The summed E-state index contributed by atoms with van der Waals surface area (Å²) < 4.78 is 6.75. The lowest BCUT2D eigenvalue weighted by molar-refractivity contribution is 0.0527. The average Bonchev–Trinajstić information content (AvgIpc) is 2.91. The van der Waals surface area contributed by atoms with E-state index in [4.69, 9.17) is 4.74 Å². The Morgan fingerprint density at radius 1 is 1.30 bits per heavy atom. The largest absolute Gasteiger partial charge is 0.462 e. The second kappa shape index (κ2) is 5.08. The maximum atomic E-state index is 12.0. The number of carbonyl (C=O) groups is 1. The van der Waals surface area contributed by atoms with Crippen molar-refractivity contribution in [1.82, 2.24) is 19.6 Å². The van der Waals surface area contributed by atoms with Crippen molar-refractivity contribution in [2.75, 3.05) is 6.61 Å². The number of fused-ring (bicyclic) bond motifs is 1. The van der Waals surface area contributed by atoms with E-state index in [1.165, 1.54) is 0 Å². The van der Waals surface area contributed by atoms with Crippen LogP contribution in [0.1, 0.15) is 17.3 Å². The second-order valence-corrected chi connectivity index (χ2v) is 4.12. The number of hydrogen-bond donors (Lipinski definition) is 0. The molecule has 0 saturated heterocycles. The first kappa shape index (κ1) is 12.3. The number of pyridine rings is 1. The van der Waals surface area contributed by atoms with E-state index in [2.05, 4.69) is 15.1 Å². The zero-order valence-electron chi connectivity index (χ0n) is 10.9. The van der Waals surface area contributed by atoms with E-state index in [1.54, 1.807) is 48.5 Å². The highest BCUT2D eigenvalue weighted by atomic mass is 16.5. The maximum absolute atomic E-state index is 12.0. The van der Waals surface area contributed by atoms with Crippen LogP contribution in [0, 0.1) is 0 Å². The molecule has 0 aliphatic heterocycles. The van der Waals surface area contributed by atoms with E-state index < -0.39 is 0 Å². The third-order valence-corrected chi connectivity index (χ3v) is 2.86. The molecule has 0 aromatic carbocycles. The molecule has 0 aliphatic rings. The molecule has 0 unspecified atom stereocenters. The molecule has 100 valence electrons. The van der Waals surface area contributed by atoms with Crippen LogP contribution in [0.15, 0.2) is 43.1 Å². The van der Waals surface area contributed by atoms with Crippen molar-refractivity contribution in [3.8, 4) is 11.3 Å². The van der Waals surface area contributed by atoms with E-state index in [9.17, 15) is 4.79 Å². The van der Waals surface area contributed by atoms with Gasteiger partial charge in [0, 0.05) is 30.4 Å². The number of hydrogen-bond acceptors (Lipinski definition) is 5. The van der Waals surface area contributed by atoms with Crippen molar-refractivity contribution in [2.45, 2.75) is 6.92 Å². The molecule has 0 radical (unpaired) electrons. The van der Waals surface area contributed by atoms with Gasteiger partial charge in [-0.2, -0.15) is 5.10 Å². The summed E-state index contributed by atoms with van der Waals surface area (Å²) in [5.74, 6) is -0.375. The van der Waals surface area contributed by atoms with Gasteiger partial charge in [0.25, 0.3) is 0 Å². The molecule has 20 heavy (non-hydrogen) atoms. The Balaban J connectivity index is 2.11. The van der Waals surface area contributed by atoms with Gasteiger partial charge in [0.1, 0.15) is 0 Å². The van der Waals surface area contributed by atoms with E-state index >= 15 is 0 Å². The molecule has 6 nitrogen and oxygen atoms in total. The molecule has 0 atom stereocenters. The Labute approximate surface area is 115 Å². The molecular weight excluding hydrogens is 256 g/mol. The molecular formula is C14H12N4O2. The van der Waals surface area contributed by atoms with Gasteiger partial charge in [0.2, 0.25) is 0 Å². The predicted octanol–water partition coefficient (Wildman–Crippen LogP) is 1.97. The molecule has 0 saturated carbocycles. The number of ether oxygens (including phenoxy) is 1. The zero-order valence-corrected chi connectivity index (χ0v) is 10.9. The summed E-state index contributed by atoms with van der Waals surface area (Å²) in [6, 6.07) is 3.49. The van der Waals surface area contributed by atoms with Crippen molar-refractivity contribution in [3.63, 3.8) is 0 Å². The topological polar surface area (TPSA) is 69.4 Å². The van der Waals surface area contributed by atoms with E-state index in [-0.39, 0.29) is 5.97 Å². The van der Waals surface area contributed by atoms with Crippen molar-refractivity contribution < 1.29 is 9.53 Å². The van der Waals surface area contributed by atoms with Crippen molar-refractivity contribution in [2.24, 2.45) is 0 Å². The minimum absolute atomic E-state index is 0.329. The van der Waals surface area contributed by atoms with Crippen LogP contribution in [0.4, 0.5) is 0 Å². The smallest absolute Gasteiger partial charge is 0.338 e. The first-order valence-corrected chi connectivity index (χ1v) is 6.20. The number of aromatic nitrogens is 4. The van der Waals surface area contributed by atoms with Gasteiger partial charge < -0.3 is 4.74 Å². The molecule has 3 aromatic rings. The lowest BCUT2D eigenvalue weighted by atomic mass is 10.1. The van der Waals surface area contributed by atoms with Gasteiger partial charge in [-0.3, -0.25) is 9.97 Å². The van der Waals surface area contributed by atoms with Gasteiger partial charge in [-0.05, 0) is 19.1 Å². The fourth-order valence-corrected chi connectivity index (χ4v) is 1.96. The predicted molar refractivity (Wildman–Crippen MR) is 72.2 cm³/mol. The summed E-state index contributed by atoms with van der Waals surface area (Å²) in [5.41, 5.74) is 2.61. The van der Waals surface area contributed by atoms with Gasteiger partial charge >= 0.3 is 5.97 Å². The summed E-state index contributed by atoms with van der Waals surface area (Å²) in [7, 11) is 0. The Bertz CT molecular complexity index is 733. The Hall–Kier alpha value is -2.76. The fraction of sp³-hybridized carbons (Fsp3) is 0.143. The van der Waals surface area contributed by atoms with Crippen LogP contribution in [-0.2, 0) is 4.74 Å². The molecule has 0 N–H and O–H groups in total. The first-order chi connectivity index (χ1) is 9.79. The second-order valence-electron chi connectivity index (χ2n) is 4.12. The monoisotopic (exact) mass is 268 g/mol. The Morgan fingerprint density at radius 2 is 2.15 bits per heavy atom. The lowest BCUT2D eigenvalue weighted by Gasteiger charge is -2.05. The third kappa shape index (κ3) is 2.11. The van der Waals surface area contributed by atoms with Crippen LogP contribution in [0.2, 0.25) is 0 Å². The number of rotatable bonds is 3. The molecule has 0 fully saturated rings. The van der Waals surface area contributed by atoms with Crippen LogP contribution in [0.25, 0.3) is 16.8 Å². The van der Waals surface area contributed by atoms with E-state index in [0.29, 0.717) is 23.4 Å². The van der Waals surface area contributed by atoms with E-state index in [0.717, 1.165) is 5.52 Å². The normalized spacial score (nSPS) is 10.7. The molecule has 0 bridgehead atoms. The van der Waals surface area contributed by atoms with Crippen molar-refractivity contribution in [1.29, 1.82) is 0 Å². The van der Waals surface area contributed by atoms with Crippen LogP contribution in [-0.4, -0.2) is 32.2 Å². The highest BCUT2D eigenvalue weighted by molar-refractivity contribution is 5.96. The molecule has 3 aromatic heterocycles. The summed E-state index contributed by atoms with van der Waals surface area (Å²) in [4.78, 5) is 20.1. The Kier molecular flexibility index (Phi) is 3.12. The summed E-state index contributed by atoms with van der Waals surface area (Å²) in [6.07, 6.45) is 8.28. The van der Waals surface area contributed by atoms with Gasteiger partial charge in [-0.25, -0.2) is 9.31 Å². The van der Waals surface area contributed by atoms with Crippen LogP contribution < -0.4 is 0 Å². The molecule has 0 aliphatic carbocycles. The van der Waals surface area contributed by atoms with Gasteiger partial charge in [0.05, 0.1) is 29.6 Å². The summed E-state index contributed by atoms with van der Waals surface area (Å²) in [6.45, 7) is 2.10. The maximum Gasteiger partial charge on any atom is 0.338 e. The van der Waals surface area contributed by atoms with Gasteiger partial charge in [-0.1, -0.05) is 0 Å². The highest BCUT2D eigenvalue weighted by Gasteiger charge is 2.16. The zero-order chi connectivity index (χ0) is 13.9. The SMILES string of the molecule is CCOC(=O)c1ccncc1-c1cc2cnccn2n1. The number of esters is 1. The molecule has 0 spiro atoms. The molecule has 0 amide bonds. The molecule has 6 heteroatoms. The van der Waals surface area contributed by atoms with Crippen molar-refractivity contribution >= 4 is 11.5 Å². The van der Waals surface area contributed by atoms with Crippen LogP contribution in [0.3, 0.4) is 0 Å².